The van der Waals surface area contributed by atoms with E-state index < -0.39 is 5.97 Å². The molecule has 1 atom stereocenters. The molecule has 1 aromatic carbocycles. The van der Waals surface area contributed by atoms with Crippen LogP contribution in [0.4, 0.5) is 0 Å². The molecule has 1 N–H and O–H groups in total. The van der Waals surface area contributed by atoms with Gasteiger partial charge in [0.15, 0.2) is 5.16 Å². The number of esters is 1. The summed E-state index contributed by atoms with van der Waals surface area (Å²) in [6, 6.07) is 6.87. The molecule has 2 heterocycles. The SMILES string of the molecule is C=CCn1c(SCC(=O)NCc2ccc(C(=O)OC)cc2)nc2sc3c(c2c1=O)CCC(C)C3. The predicted octanol–water partition coefficient (Wildman–Crippen LogP) is 3.96. The highest BCUT2D eigenvalue weighted by Gasteiger charge is 2.24. The Hall–Kier alpha value is -2.91. The lowest BCUT2D eigenvalue weighted by Crippen LogP contribution is -2.26. The number of hydrogen-bond donors (Lipinski definition) is 1. The highest BCUT2D eigenvalue weighted by atomic mass is 32.2. The second-order valence-electron chi connectivity index (χ2n) is 8.38. The van der Waals surface area contributed by atoms with Crippen molar-refractivity contribution < 1.29 is 14.3 Å². The van der Waals surface area contributed by atoms with Crippen LogP contribution in [0.25, 0.3) is 10.2 Å². The van der Waals surface area contributed by atoms with Crippen molar-refractivity contribution in [2.45, 2.75) is 44.4 Å². The second kappa shape index (κ2) is 10.6. The van der Waals surface area contributed by atoms with Gasteiger partial charge in [-0.3, -0.25) is 14.2 Å². The highest BCUT2D eigenvalue weighted by Crippen LogP contribution is 2.36. The Morgan fingerprint density at radius 3 is 2.82 bits per heavy atom. The lowest BCUT2D eigenvalue weighted by Gasteiger charge is -2.17. The van der Waals surface area contributed by atoms with Crippen molar-refractivity contribution in [1.82, 2.24) is 14.9 Å². The number of nitrogens with one attached hydrogen (secondary N) is 1. The smallest absolute Gasteiger partial charge is 0.337 e. The maximum atomic E-state index is 13.3. The number of ether oxygens (including phenoxy) is 1. The zero-order chi connectivity index (χ0) is 24.2. The minimum absolute atomic E-state index is 0.0504. The summed E-state index contributed by atoms with van der Waals surface area (Å²) in [5.41, 5.74) is 2.43. The van der Waals surface area contributed by atoms with Gasteiger partial charge in [0, 0.05) is 18.0 Å². The molecule has 3 aromatic rings. The van der Waals surface area contributed by atoms with E-state index in [0.29, 0.717) is 29.7 Å². The predicted molar refractivity (Wildman–Crippen MR) is 136 cm³/mol. The van der Waals surface area contributed by atoms with E-state index in [1.807, 2.05) is 0 Å². The third-order valence-corrected chi connectivity index (χ3v) is 8.01. The van der Waals surface area contributed by atoms with Crippen molar-refractivity contribution in [3.63, 3.8) is 0 Å². The Kier molecular flexibility index (Phi) is 7.53. The lowest BCUT2D eigenvalue weighted by atomic mass is 9.89. The number of allylic oxidation sites excluding steroid dienone is 1. The molecule has 2 aromatic heterocycles. The van der Waals surface area contributed by atoms with Crippen molar-refractivity contribution in [3.05, 3.63) is 68.8 Å². The Morgan fingerprint density at radius 1 is 1.35 bits per heavy atom. The Bertz CT molecular complexity index is 1290. The van der Waals surface area contributed by atoms with Crippen LogP contribution >= 0.6 is 23.1 Å². The fraction of sp³-hybridized carbons (Fsp3) is 0.360. The molecule has 4 rings (SSSR count). The van der Waals surface area contributed by atoms with Crippen LogP contribution in [0, 0.1) is 5.92 Å². The number of rotatable bonds is 8. The zero-order valence-corrected chi connectivity index (χ0v) is 20.9. The second-order valence-corrected chi connectivity index (χ2v) is 10.4. The Labute approximate surface area is 206 Å². The highest BCUT2D eigenvalue weighted by molar-refractivity contribution is 7.99. The van der Waals surface area contributed by atoms with E-state index in [4.69, 9.17) is 9.72 Å². The summed E-state index contributed by atoms with van der Waals surface area (Å²) in [5, 5.41) is 4.13. The van der Waals surface area contributed by atoms with Crippen LogP contribution < -0.4 is 10.9 Å². The van der Waals surface area contributed by atoms with Crippen LogP contribution in [-0.2, 0) is 35.5 Å². The number of hydrogen-bond acceptors (Lipinski definition) is 7. The summed E-state index contributed by atoms with van der Waals surface area (Å²) in [6.45, 7) is 6.70. The van der Waals surface area contributed by atoms with Gasteiger partial charge in [-0.15, -0.1) is 17.9 Å². The van der Waals surface area contributed by atoms with Gasteiger partial charge in [-0.05, 0) is 48.4 Å². The first-order valence-electron chi connectivity index (χ1n) is 11.1. The number of benzene rings is 1. The first-order valence-corrected chi connectivity index (χ1v) is 12.9. The van der Waals surface area contributed by atoms with E-state index in [0.717, 1.165) is 40.6 Å². The van der Waals surface area contributed by atoms with Gasteiger partial charge in [-0.2, -0.15) is 0 Å². The molecule has 0 saturated carbocycles. The molecular weight excluding hydrogens is 470 g/mol. The van der Waals surface area contributed by atoms with Crippen LogP contribution in [0.3, 0.4) is 0 Å². The van der Waals surface area contributed by atoms with Crippen LogP contribution in [0.2, 0.25) is 0 Å². The van der Waals surface area contributed by atoms with Gasteiger partial charge < -0.3 is 10.1 Å². The summed E-state index contributed by atoms with van der Waals surface area (Å²) >= 11 is 2.86. The van der Waals surface area contributed by atoms with E-state index >= 15 is 0 Å². The molecule has 0 aliphatic heterocycles. The summed E-state index contributed by atoms with van der Waals surface area (Å²) in [4.78, 5) is 44.2. The van der Waals surface area contributed by atoms with E-state index in [1.165, 1.54) is 23.7 Å². The fourth-order valence-electron chi connectivity index (χ4n) is 4.06. The third-order valence-electron chi connectivity index (χ3n) is 5.89. The molecular formula is C25H27N3O4S2. The number of thiophene rings is 1. The maximum absolute atomic E-state index is 13.3. The van der Waals surface area contributed by atoms with Crippen molar-refractivity contribution in [2.24, 2.45) is 5.92 Å². The van der Waals surface area contributed by atoms with Crippen molar-refractivity contribution >= 4 is 45.2 Å². The number of nitrogens with zero attached hydrogens (tertiary/aromatic N) is 2. The first-order chi connectivity index (χ1) is 16.4. The van der Waals surface area contributed by atoms with E-state index in [1.54, 1.807) is 46.2 Å². The first kappa shape index (κ1) is 24.2. The Morgan fingerprint density at radius 2 is 2.12 bits per heavy atom. The minimum Gasteiger partial charge on any atom is -0.465 e. The largest absolute Gasteiger partial charge is 0.465 e. The number of thioether (sulfide) groups is 1. The van der Waals surface area contributed by atoms with E-state index in [9.17, 15) is 14.4 Å². The van der Waals surface area contributed by atoms with Gasteiger partial charge in [0.2, 0.25) is 5.91 Å². The van der Waals surface area contributed by atoms with Gasteiger partial charge in [-0.1, -0.05) is 36.9 Å². The molecule has 7 nitrogen and oxygen atoms in total. The molecule has 0 saturated heterocycles. The molecule has 1 unspecified atom stereocenters. The number of carbonyl (C=O) groups excluding carboxylic acids is 2. The molecule has 0 bridgehead atoms. The molecule has 1 aliphatic rings. The minimum atomic E-state index is -0.400. The molecule has 0 radical (unpaired) electrons. The maximum Gasteiger partial charge on any atom is 0.337 e. The summed E-state index contributed by atoms with van der Waals surface area (Å²) in [5.74, 6) is 0.187. The number of amides is 1. The number of aryl methyl sites for hydroxylation is 1. The van der Waals surface area contributed by atoms with Gasteiger partial charge in [0.1, 0.15) is 4.83 Å². The van der Waals surface area contributed by atoms with Crippen molar-refractivity contribution in [2.75, 3.05) is 12.9 Å². The monoisotopic (exact) mass is 497 g/mol. The standard InChI is InChI=1S/C25H27N3O4S2/c1-4-11-28-23(30)21-18-10-5-15(2)12-19(18)34-22(21)27-25(28)33-14-20(29)26-13-16-6-8-17(9-7-16)24(31)32-3/h4,6-9,15H,1,5,10-14H2,2-3H3,(H,26,29). The molecule has 0 spiro atoms. The molecule has 34 heavy (non-hydrogen) atoms. The number of aromatic nitrogens is 2. The van der Waals surface area contributed by atoms with Gasteiger partial charge >= 0.3 is 5.97 Å². The number of methoxy groups -OCH3 is 1. The molecule has 9 heteroatoms. The molecule has 1 aliphatic carbocycles. The normalized spacial score (nSPS) is 15.1. The van der Waals surface area contributed by atoms with Gasteiger partial charge in [0.25, 0.3) is 5.56 Å². The summed E-state index contributed by atoms with van der Waals surface area (Å²) in [7, 11) is 1.34. The van der Waals surface area contributed by atoms with Gasteiger partial charge in [0.05, 0.1) is 23.8 Å². The Balaban J connectivity index is 1.46. The van der Waals surface area contributed by atoms with Crippen LogP contribution in [0.5, 0.6) is 0 Å². The fourth-order valence-corrected chi connectivity index (χ4v) is 6.33. The number of carbonyl (C=O) groups is 2. The quantitative estimate of drug-likeness (QED) is 0.219. The van der Waals surface area contributed by atoms with E-state index in [-0.39, 0.29) is 17.2 Å². The summed E-state index contributed by atoms with van der Waals surface area (Å²) in [6.07, 6.45) is 4.67. The zero-order valence-electron chi connectivity index (χ0n) is 19.3. The molecule has 0 fully saturated rings. The molecule has 178 valence electrons. The average molecular weight is 498 g/mol. The van der Waals surface area contributed by atoms with Crippen molar-refractivity contribution in [1.29, 1.82) is 0 Å². The lowest BCUT2D eigenvalue weighted by molar-refractivity contribution is -0.118. The van der Waals surface area contributed by atoms with Crippen LogP contribution in [0.15, 0.2) is 46.9 Å². The molecule has 1 amide bonds. The number of fused-ring (bicyclic) bond motifs is 3. The van der Waals surface area contributed by atoms with Gasteiger partial charge in [-0.25, -0.2) is 9.78 Å². The van der Waals surface area contributed by atoms with Crippen LogP contribution in [-0.4, -0.2) is 34.3 Å². The third kappa shape index (κ3) is 5.10. The van der Waals surface area contributed by atoms with Crippen molar-refractivity contribution in [3.8, 4) is 0 Å². The topological polar surface area (TPSA) is 90.3 Å². The summed E-state index contributed by atoms with van der Waals surface area (Å²) < 4.78 is 6.31. The average Bonchev–Trinajstić information content (AvgIpc) is 3.20. The van der Waals surface area contributed by atoms with Crippen LogP contribution in [0.1, 0.15) is 39.7 Å². The van der Waals surface area contributed by atoms with E-state index in [2.05, 4.69) is 18.8 Å².